The molecule has 0 aromatic carbocycles. The standard InChI is InChI=1S/C19H31N3O/c1-13(2)22-14(3)12-16(15(22)4)19(23)21-11-7-9-18(21)17-8-6-10-20(17)5/h12-13,17-18H,6-11H2,1-5H3/t17-,18+/m1/s1. The van der Waals surface area contributed by atoms with E-state index < -0.39 is 0 Å². The third kappa shape index (κ3) is 2.82. The van der Waals surface area contributed by atoms with Gasteiger partial charge < -0.3 is 14.4 Å². The number of hydrogen-bond donors (Lipinski definition) is 0. The first kappa shape index (κ1) is 16.6. The summed E-state index contributed by atoms with van der Waals surface area (Å²) in [5.74, 6) is 0.243. The summed E-state index contributed by atoms with van der Waals surface area (Å²) in [6.45, 7) is 10.6. The fraction of sp³-hybridized carbons (Fsp3) is 0.737. The van der Waals surface area contributed by atoms with Gasteiger partial charge in [-0.25, -0.2) is 0 Å². The van der Waals surface area contributed by atoms with Gasteiger partial charge in [-0.15, -0.1) is 0 Å². The van der Waals surface area contributed by atoms with E-state index in [-0.39, 0.29) is 5.91 Å². The first-order chi connectivity index (χ1) is 10.9. The predicted molar refractivity (Wildman–Crippen MR) is 94.0 cm³/mol. The lowest BCUT2D eigenvalue weighted by molar-refractivity contribution is 0.0663. The van der Waals surface area contributed by atoms with Gasteiger partial charge in [0.2, 0.25) is 0 Å². The molecular formula is C19H31N3O. The maximum absolute atomic E-state index is 13.2. The first-order valence-electron chi connectivity index (χ1n) is 9.11. The summed E-state index contributed by atoms with van der Waals surface area (Å²) in [6, 6.07) is 3.44. The largest absolute Gasteiger partial charge is 0.346 e. The normalized spacial score (nSPS) is 25.7. The zero-order chi connectivity index (χ0) is 16.7. The average molecular weight is 317 g/mol. The van der Waals surface area contributed by atoms with Crippen molar-refractivity contribution in [3.8, 4) is 0 Å². The minimum Gasteiger partial charge on any atom is -0.346 e. The van der Waals surface area contributed by atoms with Gasteiger partial charge >= 0.3 is 0 Å². The van der Waals surface area contributed by atoms with Gasteiger partial charge in [-0.05, 0) is 73.0 Å². The van der Waals surface area contributed by atoms with E-state index >= 15 is 0 Å². The molecular weight excluding hydrogens is 286 g/mol. The molecule has 0 aliphatic carbocycles. The molecule has 4 nitrogen and oxygen atoms in total. The number of rotatable bonds is 3. The molecule has 1 aromatic heterocycles. The van der Waals surface area contributed by atoms with Crippen molar-refractivity contribution in [2.24, 2.45) is 0 Å². The minimum absolute atomic E-state index is 0.243. The Hall–Kier alpha value is -1.29. The third-order valence-corrected chi connectivity index (χ3v) is 5.81. The molecule has 128 valence electrons. The Bertz CT molecular complexity index is 590. The summed E-state index contributed by atoms with van der Waals surface area (Å²) in [7, 11) is 2.21. The van der Waals surface area contributed by atoms with E-state index in [1.165, 1.54) is 25.1 Å². The van der Waals surface area contributed by atoms with Gasteiger partial charge in [0.1, 0.15) is 0 Å². The molecule has 2 fully saturated rings. The maximum Gasteiger partial charge on any atom is 0.255 e. The monoisotopic (exact) mass is 317 g/mol. The number of amides is 1. The van der Waals surface area contributed by atoms with Gasteiger partial charge in [0.25, 0.3) is 5.91 Å². The lowest BCUT2D eigenvalue weighted by atomic mass is 10.0. The maximum atomic E-state index is 13.2. The minimum atomic E-state index is 0.243. The summed E-state index contributed by atoms with van der Waals surface area (Å²) in [5, 5.41) is 0. The summed E-state index contributed by atoms with van der Waals surface area (Å²) < 4.78 is 2.28. The molecule has 2 aliphatic rings. The van der Waals surface area contributed by atoms with Gasteiger partial charge in [0, 0.05) is 36.1 Å². The van der Waals surface area contributed by atoms with Crippen molar-refractivity contribution >= 4 is 5.91 Å². The average Bonchev–Trinajstić information content (AvgIpc) is 3.16. The summed E-state index contributed by atoms with van der Waals surface area (Å²) in [6.07, 6.45) is 4.80. The Morgan fingerprint density at radius 3 is 2.35 bits per heavy atom. The van der Waals surface area contributed by atoms with Crippen LogP contribution >= 0.6 is 0 Å². The molecule has 0 bridgehead atoms. The highest BCUT2D eigenvalue weighted by Crippen LogP contribution is 2.31. The van der Waals surface area contributed by atoms with Gasteiger partial charge in [-0.3, -0.25) is 4.79 Å². The van der Waals surface area contributed by atoms with Crippen molar-refractivity contribution in [2.45, 2.75) is 71.5 Å². The van der Waals surface area contributed by atoms with Crippen LogP contribution in [0.1, 0.15) is 67.3 Å². The summed E-state index contributed by atoms with van der Waals surface area (Å²) in [4.78, 5) is 17.8. The molecule has 0 unspecified atom stereocenters. The quantitative estimate of drug-likeness (QED) is 0.855. The molecule has 0 saturated carbocycles. The lowest BCUT2D eigenvalue weighted by Crippen LogP contribution is -2.47. The van der Waals surface area contributed by atoms with Crippen LogP contribution in [0.2, 0.25) is 0 Å². The van der Waals surface area contributed by atoms with E-state index in [2.05, 4.69) is 55.2 Å². The highest BCUT2D eigenvalue weighted by atomic mass is 16.2. The fourth-order valence-electron chi connectivity index (χ4n) is 4.81. The fourth-order valence-corrected chi connectivity index (χ4v) is 4.81. The predicted octanol–water partition coefficient (Wildman–Crippen LogP) is 3.38. The van der Waals surface area contributed by atoms with Crippen molar-refractivity contribution in [3.05, 3.63) is 23.0 Å². The van der Waals surface area contributed by atoms with E-state index in [0.29, 0.717) is 18.1 Å². The molecule has 2 atom stereocenters. The Morgan fingerprint density at radius 1 is 1.13 bits per heavy atom. The first-order valence-corrected chi connectivity index (χ1v) is 9.11. The molecule has 2 aliphatic heterocycles. The van der Waals surface area contributed by atoms with Crippen LogP contribution in [-0.2, 0) is 0 Å². The van der Waals surface area contributed by atoms with E-state index in [1.54, 1.807) is 0 Å². The lowest BCUT2D eigenvalue weighted by Gasteiger charge is -2.33. The molecule has 0 N–H and O–H groups in total. The number of carbonyl (C=O) groups excluding carboxylic acids is 1. The molecule has 4 heteroatoms. The summed E-state index contributed by atoms with van der Waals surface area (Å²) in [5.41, 5.74) is 3.21. The van der Waals surface area contributed by atoms with Crippen molar-refractivity contribution in [3.63, 3.8) is 0 Å². The van der Waals surface area contributed by atoms with Crippen LogP contribution in [0.4, 0.5) is 0 Å². The van der Waals surface area contributed by atoms with Gasteiger partial charge in [0.15, 0.2) is 0 Å². The number of likely N-dealkylation sites (N-methyl/N-ethyl adjacent to an activating group) is 1. The Kier molecular flexibility index (Phi) is 4.54. The van der Waals surface area contributed by atoms with E-state index in [9.17, 15) is 4.79 Å². The Balaban J connectivity index is 1.86. The van der Waals surface area contributed by atoms with Crippen molar-refractivity contribution in [1.82, 2.24) is 14.4 Å². The molecule has 1 amide bonds. The van der Waals surface area contributed by atoms with E-state index in [1.807, 2.05) is 0 Å². The molecule has 0 spiro atoms. The molecule has 2 saturated heterocycles. The highest BCUT2D eigenvalue weighted by molar-refractivity contribution is 5.96. The van der Waals surface area contributed by atoms with Crippen LogP contribution in [-0.4, -0.2) is 52.5 Å². The van der Waals surface area contributed by atoms with Crippen LogP contribution in [0.15, 0.2) is 6.07 Å². The number of likely N-dealkylation sites (tertiary alicyclic amines) is 2. The number of aryl methyl sites for hydroxylation is 1. The zero-order valence-corrected chi connectivity index (χ0v) is 15.3. The number of hydrogen-bond acceptors (Lipinski definition) is 2. The van der Waals surface area contributed by atoms with Crippen LogP contribution in [0.5, 0.6) is 0 Å². The highest BCUT2D eigenvalue weighted by Gasteiger charge is 2.39. The van der Waals surface area contributed by atoms with Crippen molar-refractivity contribution < 1.29 is 4.79 Å². The molecule has 1 aromatic rings. The molecule has 0 radical (unpaired) electrons. The van der Waals surface area contributed by atoms with Gasteiger partial charge in [0.05, 0.1) is 5.56 Å². The van der Waals surface area contributed by atoms with Crippen LogP contribution in [0.3, 0.4) is 0 Å². The second-order valence-electron chi connectivity index (χ2n) is 7.65. The molecule has 3 heterocycles. The topological polar surface area (TPSA) is 28.5 Å². The smallest absolute Gasteiger partial charge is 0.255 e. The number of nitrogens with zero attached hydrogens (tertiary/aromatic N) is 3. The van der Waals surface area contributed by atoms with Crippen LogP contribution in [0.25, 0.3) is 0 Å². The Labute approximate surface area is 140 Å². The SMILES string of the molecule is Cc1cc(C(=O)N2CCC[C@H]2[C@H]2CCCN2C)c(C)n1C(C)C. The second kappa shape index (κ2) is 6.31. The zero-order valence-electron chi connectivity index (χ0n) is 15.3. The third-order valence-electron chi connectivity index (χ3n) is 5.81. The molecule has 3 rings (SSSR count). The molecule has 23 heavy (non-hydrogen) atoms. The second-order valence-corrected chi connectivity index (χ2v) is 7.65. The van der Waals surface area contributed by atoms with Gasteiger partial charge in [-0.2, -0.15) is 0 Å². The van der Waals surface area contributed by atoms with Crippen molar-refractivity contribution in [1.29, 1.82) is 0 Å². The number of aromatic nitrogens is 1. The van der Waals surface area contributed by atoms with Crippen molar-refractivity contribution in [2.75, 3.05) is 20.1 Å². The van der Waals surface area contributed by atoms with Crippen LogP contribution < -0.4 is 0 Å². The van der Waals surface area contributed by atoms with E-state index in [0.717, 1.165) is 30.6 Å². The van der Waals surface area contributed by atoms with E-state index in [4.69, 9.17) is 0 Å². The van der Waals surface area contributed by atoms with Gasteiger partial charge in [-0.1, -0.05) is 0 Å². The van der Waals surface area contributed by atoms with Crippen LogP contribution in [0, 0.1) is 13.8 Å². The Morgan fingerprint density at radius 2 is 1.78 bits per heavy atom. The summed E-state index contributed by atoms with van der Waals surface area (Å²) >= 11 is 0. The number of carbonyl (C=O) groups is 1.